The molecule has 0 bridgehead atoms. The van der Waals surface area contributed by atoms with Gasteiger partial charge >= 0.3 is 5.97 Å². The number of hydrogen-bond acceptors (Lipinski definition) is 5. The van der Waals surface area contributed by atoms with Gasteiger partial charge in [-0.3, -0.25) is 14.9 Å². The van der Waals surface area contributed by atoms with E-state index < -0.39 is 22.3 Å². The van der Waals surface area contributed by atoms with Gasteiger partial charge < -0.3 is 9.64 Å². The van der Waals surface area contributed by atoms with E-state index in [1.165, 1.54) is 12.1 Å². The fraction of sp³-hybridized carbons (Fsp3) is 0.269. The molecule has 0 atom stereocenters. The number of nitro benzene ring substituents is 1. The van der Waals surface area contributed by atoms with Crippen molar-refractivity contribution < 1.29 is 18.8 Å². The zero-order valence-corrected chi connectivity index (χ0v) is 19.0. The van der Waals surface area contributed by atoms with E-state index in [4.69, 9.17) is 4.74 Å². The van der Waals surface area contributed by atoms with Crippen molar-refractivity contribution in [2.45, 2.75) is 45.9 Å². The van der Waals surface area contributed by atoms with Crippen molar-refractivity contribution in [3.05, 3.63) is 105 Å². The molecule has 0 amide bonds. The minimum absolute atomic E-state index is 0.0518. The lowest BCUT2D eigenvalue weighted by atomic mass is 10.1. The van der Waals surface area contributed by atoms with Crippen molar-refractivity contribution in [3.8, 4) is 0 Å². The van der Waals surface area contributed by atoms with Crippen LogP contribution in [0.5, 0.6) is 0 Å². The van der Waals surface area contributed by atoms with Crippen LogP contribution in [0.15, 0.2) is 72.8 Å². The second kappa shape index (κ2) is 10.3. The molecule has 3 aromatic carbocycles. The Labute approximate surface area is 192 Å². The van der Waals surface area contributed by atoms with Crippen molar-refractivity contribution in [1.82, 2.24) is 0 Å². The number of hydrogen-bond donors (Lipinski definition) is 0. The highest BCUT2D eigenvalue weighted by molar-refractivity contribution is 5.75. The molecular formula is C26H27FN2O4. The molecule has 0 saturated heterocycles. The third-order valence-electron chi connectivity index (χ3n) is 4.88. The van der Waals surface area contributed by atoms with Crippen LogP contribution in [0, 0.1) is 15.9 Å². The first-order valence-corrected chi connectivity index (χ1v) is 10.6. The van der Waals surface area contributed by atoms with Gasteiger partial charge in [0.15, 0.2) is 11.5 Å². The number of rotatable bonds is 8. The fourth-order valence-electron chi connectivity index (χ4n) is 3.54. The SMILES string of the molecule is CC(C)(C)OC(=O)Cc1ccc([N+](=O)[O-])c(N(Cc2ccccc2)Cc2ccccc2)c1F. The standard InChI is InChI=1S/C26H27FN2O4/c1-26(2,3)33-23(30)16-21-14-15-22(29(31)32)25(24(21)27)28(17-19-10-6-4-7-11-19)18-20-12-8-5-9-13-20/h4-15H,16-18H2,1-3H3. The lowest BCUT2D eigenvalue weighted by molar-refractivity contribution is -0.384. The quantitative estimate of drug-likeness (QED) is 0.245. The number of esters is 1. The molecular weight excluding hydrogens is 423 g/mol. The molecule has 0 aromatic heterocycles. The number of carbonyl (C=O) groups is 1. The lowest BCUT2D eigenvalue weighted by Crippen LogP contribution is -2.26. The van der Waals surface area contributed by atoms with Gasteiger partial charge in [0.05, 0.1) is 11.3 Å². The van der Waals surface area contributed by atoms with Crippen LogP contribution in [0.4, 0.5) is 15.8 Å². The Morgan fingerprint density at radius 2 is 1.45 bits per heavy atom. The minimum Gasteiger partial charge on any atom is -0.460 e. The Kier molecular flexibility index (Phi) is 7.43. The number of anilines is 1. The monoisotopic (exact) mass is 450 g/mol. The first kappa shape index (κ1) is 23.9. The molecule has 0 fully saturated rings. The molecule has 0 radical (unpaired) electrons. The van der Waals surface area contributed by atoms with Crippen LogP contribution in [0.2, 0.25) is 0 Å². The molecule has 0 aliphatic carbocycles. The number of halogens is 1. The van der Waals surface area contributed by atoms with Crippen LogP contribution >= 0.6 is 0 Å². The number of nitrogens with zero attached hydrogens (tertiary/aromatic N) is 2. The van der Waals surface area contributed by atoms with Gasteiger partial charge in [-0.2, -0.15) is 0 Å². The number of benzene rings is 3. The molecule has 0 heterocycles. The third-order valence-corrected chi connectivity index (χ3v) is 4.88. The van der Waals surface area contributed by atoms with Crippen LogP contribution in [0.1, 0.15) is 37.5 Å². The summed E-state index contributed by atoms with van der Waals surface area (Å²) in [5.74, 6) is -1.39. The highest BCUT2D eigenvalue weighted by Crippen LogP contribution is 2.35. The third kappa shape index (κ3) is 6.62. The second-order valence-electron chi connectivity index (χ2n) is 8.75. The highest BCUT2D eigenvalue weighted by Gasteiger charge is 2.28. The van der Waals surface area contributed by atoms with Crippen molar-refractivity contribution in [2.75, 3.05) is 4.90 Å². The van der Waals surface area contributed by atoms with E-state index in [0.717, 1.165) is 11.1 Å². The average Bonchev–Trinajstić information content (AvgIpc) is 2.74. The van der Waals surface area contributed by atoms with E-state index in [2.05, 4.69) is 0 Å². The first-order valence-electron chi connectivity index (χ1n) is 10.6. The highest BCUT2D eigenvalue weighted by atomic mass is 19.1. The van der Waals surface area contributed by atoms with Gasteiger partial charge in [0.25, 0.3) is 5.69 Å². The molecule has 6 nitrogen and oxygen atoms in total. The summed E-state index contributed by atoms with van der Waals surface area (Å²) in [6.07, 6.45) is -0.321. The van der Waals surface area contributed by atoms with Crippen molar-refractivity contribution >= 4 is 17.3 Å². The summed E-state index contributed by atoms with van der Waals surface area (Å²) in [4.78, 5) is 25.2. The molecule has 172 valence electrons. The Morgan fingerprint density at radius 1 is 0.939 bits per heavy atom. The van der Waals surface area contributed by atoms with E-state index in [9.17, 15) is 14.9 Å². The zero-order chi connectivity index (χ0) is 24.0. The summed E-state index contributed by atoms with van der Waals surface area (Å²) in [7, 11) is 0. The van der Waals surface area contributed by atoms with E-state index in [1.54, 1.807) is 25.7 Å². The van der Waals surface area contributed by atoms with Gasteiger partial charge in [0.1, 0.15) is 5.60 Å². The summed E-state index contributed by atoms with van der Waals surface area (Å²) in [6.45, 7) is 5.69. The first-order chi connectivity index (χ1) is 15.6. The smallest absolute Gasteiger partial charge is 0.310 e. The van der Waals surface area contributed by atoms with Gasteiger partial charge in [-0.1, -0.05) is 60.7 Å². The average molecular weight is 451 g/mol. The van der Waals surface area contributed by atoms with Gasteiger partial charge in [-0.25, -0.2) is 4.39 Å². The molecule has 0 aliphatic rings. The lowest BCUT2D eigenvalue weighted by Gasteiger charge is -2.26. The Morgan fingerprint density at radius 3 is 1.91 bits per heavy atom. The molecule has 7 heteroatoms. The summed E-state index contributed by atoms with van der Waals surface area (Å²) < 4.78 is 21.1. The van der Waals surface area contributed by atoms with E-state index in [-0.39, 0.29) is 36.4 Å². The molecule has 0 N–H and O–H groups in total. The van der Waals surface area contributed by atoms with Crippen molar-refractivity contribution in [2.24, 2.45) is 0 Å². The molecule has 0 spiro atoms. The molecule has 0 unspecified atom stereocenters. The fourth-order valence-corrected chi connectivity index (χ4v) is 3.54. The van der Waals surface area contributed by atoms with Crippen LogP contribution in [0.25, 0.3) is 0 Å². The maximum absolute atomic E-state index is 15.8. The van der Waals surface area contributed by atoms with Crippen LogP contribution in [-0.4, -0.2) is 16.5 Å². The maximum atomic E-state index is 15.8. The molecule has 0 saturated carbocycles. The predicted octanol–water partition coefficient (Wildman–Crippen LogP) is 5.82. The predicted molar refractivity (Wildman–Crippen MR) is 125 cm³/mol. The largest absolute Gasteiger partial charge is 0.460 e. The number of carbonyl (C=O) groups excluding carboxylic acids is 1. The Balaban J connectivity index is 2.06. The maximum Gasteiger partial charge on any atom is 0.310 e. The van der Waals surface area contributed by atoms with Crippen LogP contribution < -0.4 is 4.90 Å². The number of nitro groups is 1. The normalized spacial score (nSPS) is 11.2. The second-order valence-corrected chi connectivity index (χ2v) is 8.75. The van der Waals surface area contributed by atoms with E-state index >= 15 is 4.39 Å². The van der Waals surface area contributed by atoms with Crippen LogP contribution in [-0.2, 0) is 29.0 Å². The number of ether oxygens (including phenoxy) is 1. The Bertz CT molecular complexity index is 1070. The van der Waals surface area contributed by atoms with Crippen molar-refractivity contribution in [3.63, 3.8) is 0 Å². The molecule has 33 heavy (non-hydrogen) atoms. The van der Waals surface area contributed by atoms with E-state index in [1.807, 2.05) is 60.7 Å². The molecule has 0 aliphatic heterocycles. The zero-order valence-electron chi connectivity index (χ0n) is 19.0. The Hall–Kier alpha value is -3.74. The van der Waals surface area contributed by atoms with Gasteiger partial charge in [0, 0.05) is 24.7 Å². The summed E-state index contributed by atoms with van der Waals surface area (Å²) >= 11 is 0. The summed E-state index contributed by atoms with van der Waals surface area (Å²) in [5, 5.41) is 11.8. The molecule has 3 aromatic rings. The summed E-state index contributed by atoms with van der Waals surface area (Å²) in [6, 6.07) is 21.2. The van der Waals surface area contributed by atoms with Gasteiger partial charge in [0.2, 0.25) is 0 Å². The molecule has 3 rings (SSSR count). The van der Waals surface area contributed by atoms with Crippen molar-refractivity contribution in [1.29, 1.82) is 0 Å². The van der Waals surface area contributed by atoms with Gasteiger partial charge in [-0.15, -0.1) is 0 Å². The topological polar surface area (TPSA) is 72.7 Å². The van der Waals surface area contributed by atoms with E-state index in [0.29, 0.717) is 0 Å². The summed E-state index contributed by atoms with van der Waals surface area (Å²) in [5.41, 5.74) is 0.584. The van der Waals surface area contributed by atoms with Gasteiger partial charge in [-0.05, 0) is 38.0 Å². The van der Waals surface area contributed by atoms with Crippen LogP contribution in [0.3, 0.4) is 0 Å². The minimum atomic E-state index is -0.790.